The lowest BCUT2D eigenvalue weighted by atomic mass is 10.2. The van der Waals surface area contributed by atoms with Crippen molar-refractivity contribution >= 4 is 10.0 Å². The van der Waals surface area contributed by atoms with E-state index in [0.29, 0.717) is 19.6 Å². The van der Waals surface area contributed by atoms with Gasteiger partial charge < -0.3 is 4.74 Å². The fourth-order valence-corrected chi connectivity index (χ4v) is 4.77. The summed E-state index contributed by atoms with van der Waals surface area (Å²) in [5, 5.41) is 0. The Labute approximate surface area is 137 Å². The first-order valence-corrected chi connectivity index (χ1v) is 9.60. The first-order valence-electron chi connectivity index (χ1n) is 8.16. The van der Waals surface area contributed by atoms with Gasteiger partial charge in [0.2, 0.25) is 10.0 Å². The van der Waals surface area contributed by atoms with Crippen molar-refractivity contribution in [3.63, 3.8) is 0 Å². The van der Waals surface area contributed by atoms with Crippen LogP contribution in [0.2, 0.25) is 0 Å². The molecule has 0 N–H and O–H groups in total. The summed E-state index contributed by atoms with van der Waals surface area (Å²) in [5.74, 6) is -0.687. The SMILES string of the molecule is O=S(=O)(c1ccccc1F)N1CCCN(CC2CCCO2)CC1. The summed E-state index contributed by atoms with van der Waals surface area (Å²) >= 11 is 0. The number of sulfonamides is 1. The van der Waals surface area contributed by atoms with Gasteiger partial charge in [0.15, 0.2) is 0 Å². The van der Waals surface area contributed by atoms with E-state index in [1.807, 2.05) is 0 Å². The van der Waals surface area contributed by atoms with Gasteiger partial charge in [0.1, 0.15) is 10.7 Å². The largest absolute Gasteiger partial charge is 0.377 e. The van der Waals surface area contributed by atoms with E-state index in [4.69, 9.17) is 4.74 Å². The number of rotatable bonds is 4. The topological polar surface area (TPSA) is 49.9 Å². The molecule has 2 aliphatic heterocycles. The normalized spacial score (nSPS) is 24.7. The highest BCUT2D eigenvalue weighted by Gasteiger charge is 2.29. The number of nitrogens with zero attached hydrogens (tertiary/aromatic N) is 2. The summed E-state index contributed by atoms with van der Waals surface area (Å²) in [6.07, 6.45) is 3.20. The molecule has 0 bridgehead atoms. The Balaban J connectivity index is 1.66. The van der Waals surface area contributed by atoms with Gasteiger partial charge in [-0.05, 0) is 37.9 Å². The lowest BCUT2D eigenvalue weighted by Crippen LogP contribution is -2.37. The average molecular weight is 342 g/mol. The van der Waals surface area contributed by atoms with E-state index in [0.717, 1.165) is 39.0 Å². The highest BCUT2D eigenvalue weighted by Crippen LogP contribution is 2.21. The molecular weight excluding hydrogens is 319 g/mol. The van der Waals surface area contributed by atoms with Gasteiger partial charge in [0.05, 0.1) is 6.10 Å². The Hall–Kier alpha value is -1.02. The molecule has 2 saturated heterocycles. The second-order valence-electron chi connectivity index (χ2n) is 6.12. The maximum absolute atomic E-state index is 13.9. The molecule has 1 aromatic carbocycles. The number of hydrogen-bond donors (Lipinski definition) is 0. The Morgan fingerprint density at radius 2 is 1.96 bits per heavy atom. The van der Waals surface area contributed by atoms with Crippen LogP contribution < -0.4 is 0 Å². The molecule has 0 spiro atoms. The number of ether oxygens (including phenoxy) is 1. The molecular formula is C16H23FN2O3S. The van der Waals surface area contributed by atoms with Gasteiger partial charge in [-0.3, -0.25) is 4.90 Å². The molecule has 128 valence electrons. The van der Waals surface area contributed by atoms with Gasteiger partial charge in [-0.25, -0.2) is 12.8 Å². The molecule has 5 nitrogen and oxygen atoms in total. The predicted octanol–water partition coefficient (Wildman–Crippen LogP) is 1.70. The zero-order valence-corrected chi connectivity index (χ0v) is 14.0. The van der Waals surface area contributed by atoms with Gasteiger partial charge in [-0.15, -0.1) is 0 Å². The molecule has 7 heteroatoms. The molecule has 1 unspecified atom stereocenters. The minimum absolute atomic E-state index is 0.229. The summed E-state index contributed by atoms with van der Waals surface area (Å²) in [7, 11) is -3.77. The van der Waals surface area contributed by atoms with Crippen molar-refractivity contribution in [3.05, 3.63) is 30.1 Å². The van der Waals surface area contributed by atoms with Crippen LogP contribution in [-0.2, 0) is 14.8 Å². The van der Waals surface area contributed by atoms with Crippen LogP contribution in [0.5, 0.6) is 0 Å². The molecule has 23 heavy (non-hydrogen) atoms. The maximum Gasteiger partial charge on any atom is 0.246 e. The number of hydrogen-bond acceptors (Lipinski definition) is 4. The fourth-order valence-electron chi connectivity index (χ4n) is 3.24. The van der Waals surface area contributed by atoms with Crippen molar-refractivity contribution in [2.24, 2.45) is 0 Å². The van der Waals surface area contributed by atoms with Crippen LogP contribution in [0.1, 0.15) is 19.3 Å². The summed E-state index contributed by atoms with van der Waals surface area (Å²) < 4.78 is 46.2. The van der Waals surface area contributed by atoms with Gasteiger partial charge in [-0.2, -0.15) is 4.31 Å². The van der Waals surface area contributed by atoms with Crippen LogP contribution in [0.15, 0.2) is 29.2 Å². The van der Waals surface area contributed by atoms with E-state index in [1.54, 1.807) is 6.07 Å². The highest BCUT2D eigenvalue weighted by atomic mass is 32.2. The fraction of sp³-hybridized carbons (Fsp3) is 0.625. The third-order valence-electron chi connectivity index (χ3n) is 4.49. The van der Waals surface area contributed by atoms with Gasteiger partial charge in [0.25, 0.3) is 0 Å². The van der Waals surface area contributed by atoms with Crippen LogP contribution in [-0.4, -0.2) is 63.1 Å². The van der Waals surface area contributed by atoms with Gasteiger partial charge >= 0.3 is 0 Å². The average Bonchev–Trinajstić information content (AvgIpc) is 2.91. The third kappa shape index (κ3) is 3.91. The van der Waals surface area contributed by atoms with Crippen molar-refractivity contribution in [2.45, 2.75) is 30.3 Å². The standard InChI is InChI=1S/C16H23FN2O3S/c17-15-6-1-2-7-16(15)23(20,21)19-9-4-8-18(10-11-19)13-14-5-3-12-22-14/h1-2,6-7,14H,3-5,8-13H2. The maximum atomic E-state index is 13.9. The Kier molecular flexibility index (Phi) is 5.31. The third-order valence-corrected chi connectivity index (χ3v) is 6.42. The smallest absolute Gasteiger partial charge is 0.246 e. The van der Waals surface area contributed by atoms with Crippen LogP contribution in [0.25, 0.3) is 0 Å². The van der Waals surface area contributed by atoms with Crippen molar-refractivity contribution < 1.29 is 17.5 Å². The molecule has 0 radical (unpaired) electrons. The van der Waals surface area contributed by atoms with Crippen LogP contribution >= 0.6 is 0 Å². The summed E-state index contributed by atoms with van der Waals surface area (Å²) in [6.45, 7) is 4.01. The van der Waals surface area contributed by atoms with E-state index in [2.05, 4.69) is 4.90 Å². The van der Waals surface area contributed by atoms with Crippen molar-refractivity contribution in [2.75, 3.05) is 39.3 Å². The van der Waals surface area contributed by atoms with E-state index in [9.17, 15) is 12.8 Å². The first kappa shape index (κ1) is 16.8. The first-order chi connectivity index (χ1) is 11.1. The van der Waals surface area contributed by atoms with Crippen molar-refractivity contribution in [1.82, 2.24) is 9.21 Å². The van der Waals surface area contributed by atoms with E-state index >= 15 is 0 Å². The molecule has 0 amide bonds. The van der Waals surface area contributed by atoms with E-state index in [-0.39, 0.29) is 11.0 Å². The zero-order valence-electron chi connectivity index (χ0n) is 13.2. The Morgan fingerprint density at radius 1 is 1.13 bits per heavy atom. The molecule has 1 aromatic rings. The highest BCUT2D eigenvalue weighted by molar-refractivity contribution is 7.89. The second-order valence-corrected chi connectivity index (χ2v) is 8.03. The predicted molar refractivity (Wildman–Crippen MR) is 85.2 cm³/mol. The summed E-state index contributed by atoms with van der Waals surface area (Å²) in [6, 6.07) is 5.58. The quantitative estimate of drug-likeness (QED) is 0.836. The minimum Gasteiger partial charge on any atom is -0.377 e. The zero-order chi connectivity index (χ0) is 16.3. The molecule has 2 aliphatic rings. The van der Waals surface area contributed by atoms with Crippen molar-refractivity contribution in [1.29, 1.82) is 0 Å². The molecule has 0 aliphatic carbocycles. The van der Waals surface area contributed by atoms with E-state index in [1.165, 1.54) is 22.5 Å². The Morgan fingerprint density at radius 3 is 2.70 bits per heavy atom. The molecule has 2 heterocycles. The molecule has 0 saturated carbocycles. The summed E-state index contributed by atoms with van der Waals surface area (Å²) in [4.78, 5) is 2.03. The lowest BCUT2D eigenvalue weighted by Gasteiger charge is -2.24. The van der Waals surface area contributed by atoms with Gasteiger partial charge in [-0.1, -0.05) is 12.1 Å². The summed E-state index contributed by atoms with van der Waals surface area (Å²) in [5.41, 5.74) is 0. The molecule has 2 fully saturated rings. The van der Waals surface area contributed by atoms with Crippen LogP contribution in [0.4, 0.5) is 4.39 Å². The monoisotopic (exact) mass is 342 g/mol. The van der Waals surface area contributed by atoms with Crippen LogP contribution in [0, 0.1) is 5.82 Å². The lowest BCUT2D eigenvalue weighted by molar-refractivity contribution is 0.0749. The number of benzene rings is 1. The van der Waals surface area contributed by atoms with E-state index < -0.39 is 15.8 Å². The van der Waals surface area contributed by atoms with Crippen LogP contribution in [0.3, 0.4) is 0 Å². The minimum atomic E-state index is -3.77. The Bertz CT molecular complexity index is 632. The van der Waals surface area contributed by atoms with Gasteiger partial charge in [0, 0.05) is 32.8 Å². The molecule has 1 atom stereocenters. The molecule has 3 rings (SSSR count). The number of halogens is 1. The molecule has 0 aromatic heterocycles. The van der Waals surface area contributed by atoms with Crippen molar-refractivity contribution in [3.8, 4) is 0 Å². The second kappa shape index (κ2) is 7.25.